The van der Waals surface area contributed by atoms with Crippen LogP contribution in [0.4, 0.5) is 5.69 Å². The number of aromatic nitrogens is 2. The van der Waals surface area contributed by atoms with E-state index in [2.05, 4.69) is 11.1 Å². The van der Waals surface area contributed by atoms with Crippen molar-refractivity contribution in [2.45, 2.75) is 25.4 Å². The van der Waals surface area contributed by atoms with Crippen molar-refractivity contribution in [3.63, 3.8) is 0 Å². The van der Waals surface area contributed by atoms with Gasteiger partial charge in [-0.1, -0.05) is 12.1 Å². The lowest BCUT2D eigenvalue weighted by molar-refractivity contribution is -0.127. The van der Waals surface area contributed by atoms with Gasteiger partial charge >= 0.3 is 0 Å². The second kappa shape index (κ2) is 11.6. The molecule has 1 saturated heterocycles. The molecule has 8 nitrogen and oxygen atoms in total. The monoisotopic (exact) mass is 485 g/mol. The predicted octanol–water partition coefficient (Wildman–Crippen LogP) is 3.69. The fraction of sp³-hybridized carbons (Fsp3) is 0.357. The van der Waals surface area contributed by atoms with Crippen molar-refractivity contribution in [2.24, 2.45) is 0 Å². The molecule has 0 N–H and O–H groups in total. The SMILES string of the molecule is CN(C)C(=O)CN(C)c1ccc(Cc2nccc(-c3ccc(OC4CCOCC4)c(C#N)c3)n2)cc1. The molecule has 1 fully saturated rings. The van der Waals surface area contributed by atoms with Gasteiger partial charge < -0.3 is 19.3 Å². The van der Waals surface area contributed by atoms with E-state index >= 15 is 0 Å². The van der Waals surface area contributed by atoms with Crippen LogP contribution in [0.3, 0.4) is 0 Å². The van der Waals surface area contributed by atoms with Gasteiger partial charge in [-0.05, 0) is 42.0 Å². The molecule has 0 unspecified atom stereocenters. The van der Waals surface area contributed by atoms with Crippen LogP contribution in [0.1, 0.15) is 29.8 Å². The van der Waals surface area contributed by atoms with Crippen LogP contribution in [0.5, 0.6) is 5.75 Å². The van der Waals surface area contributed by atoms with Gasteiger partial charge in [0.25, 0.3) is 0 Å². The second-order valence-corrected chi connectivity index (χ2v) is 9.10. The van der Waals surface area contributed by atoms with Gasteiger partial charge in [-0.15, -0.1) is 0 Å². The van der Waals surface area contributed by atoms with Crippen molar-refractivity contribution in [2.75, 3.05) is 45.8 Å². The summed E-state index contributed by atoms with van der Waals surface area (Å²) < 4.78 is 11.5. The van der Waals surface area contributed by atoms with Gasteiger partial charge in [0.1, 0.15) is 23.7 Å². The zero-order valence-corrected chi connectivity index (χ0v) is 21.0. The molecule has 1 aromatic heterocycles. The minimum absolute atomic E-state index is 0.0505. The van der Waals surface area contributed by atoms with E-state index in [1.54, 1.807) is 25.2 Å². The molecular formula is C28H31N5O3. The summed E-state index contributed by atoms with van der Waals surface area (Å²) in [7, 11) is 5.41. The predicted molar refractivity (Wildman–Crippen MR) is 138 cm³/mol. The third-order valence-corrected chi connectivity index (χ3v) is 6.17. The molecule has 8 heteroatoms. The molecule has 0 atom stereocenters. The first-order valence-corrected chi connectivity index (χ1v) is 12.0. The van der Waals surface area contributed by atoms with Crippen LogP contribution in [-0.2, 0) is 16.0 Å². The summed E-state index contributed by atoms with van der Waals surface area (Å²) in [6, 6.07) is 17.7. The van der Waals surface area contributed by atoms with Crippen LogP contribution in [0.25, 0.3) is 11.3 Å². The number of likely N-dealkylation sites (N-methyl/N-ethyl adjacent to an activating group) is 2. The third-order valence-electron chi connectivity index (χ3n) is 6.17. The maximum atomic E-state index is 12.0. The Morgan fingerprint density at radius 1 is 1.11 bits per heavy atom. The summed E-state index contributed by atoms with van der Waals surface area (Å²) in [6.07, 6.45) is 4.04. The summed E-state index contributed by atoms with van der Waals surface area (Å²) >= 11 is 0. The third kappa shape index (κ3) is 6.37. The number of rotatable bonds is 8. The number of carbonyl (C=O) groups excluding carboxylic acids is 1. The van der Waals surface area contributed by atoms with Crippen LogP contribution >= 0.6 is 0 Å². The Morgan fingerprint density at radius 3 is 2.56 bits per heavy atom. The van der Waals surface area contributed by atoms with Gasteiger partial charge in [0.2, 0.25) is 5.91 Å². The Morgan fingerprint density at radius 2 is 1.86 bits per heavy atom. The minimum atomic E-state index is 0.0505. The molecule has 1 aliphatic heterocycles. The lowest BCUT2D eigenvalue weighted by Crippen LogP contribution is -2.34. The maximum absolute atomic E-state index is 12.0. The van der Waals surface area contributed by atoms with Gasteiger partial charge in [0, 0.05) is 57.9 Å². The fourth-order valence-electron chi connectivity index (χ4n) is 3.98. The molecule has 1 aliphatic rings. The lowest BCUT2D eigenvalue weighted by Gasteiger charge is -2.23. The number of nitriles is 1. The number of nitrogens with zero attached hydrogens (tertiary/aromatic N) is 5. The average Bonchev–Trinajstić information content (AvgIpc) is 2.90. The van der Waals surface area contributed by atoms with Crippen molar-refractivity contribution in [3.05, 3.63) is 71.7 Å². The Hall–Kier alpha value is -3.96. The molecule has 0 radical (unpaired) electrons. The zero-order valence-electron chi connectivity index (χ0n) is 21.0. The number of hydrogen-bond acceptors (Lipinski definition) is 7. The van der Waals surface area contributed by atoms with Crippen LogP contribution in [0.2, 0.25) is 0 Å². The summed E-state index contributed by atoms with van der Waals surface area (Å²) in [5.41, 5.74) is 4.13. The summed E-state index contributed by atoms with van der Waals surface area (Å²) in [6.45, 7) is 1.69. The number of amides is 1. The molecule has 0 spiro atoms. The number of carbonyl (C=O) groups is 1. The van der Waals surface area contributed by atoms with Gasteiger partial charge in [-0.3, -0.25) is 4.79 Å². The van der Waals surface area contributed by atoms with E-state index in [1.807, 2.05) is 60.5 Å². The van der Waals surface area contributed by atoms with Crippen LogP contribution in [-0.4, -0.2) is 67.8 Å². The highest BCUT2D eigenvalue weighted by molar-refractivity contribution is 5.80. The summed E-state index contributed by atoms with van der Waals surface area (Å²) in [5.74, 6) is 1.34. The fourth-order valence-corrected chi connectivity index (χ4v) is 3.98. The lowest BCUT2D eigenvalue weighted by atomic mass is 10.1. The molecule has 0 saturated carbocycles. The highest BCUT2D eigenvalue weighted by Crippen LogP contribution is 2.28. The molecule has 1 amide bonds. The Kier molecular flexibility index (Phi) is 8.13. The zero-order chi connectivity index (χ0) is 25.5. The van der Waals surface area contributed by atoms with E-state index in [-0.39, 0.29) is 12.0 Å². The molecule has 36 heavy (non-hydrogen) atoms. The number of ether oxygens (including phenoxy) is 2. The van der Waals surface area contributed by atoms with Crippen LogP contribution in [0, 0.1) is 11.3 Å². The van der Waals surface area contributed by atoms with Crippen molar-refractivity contribution in [1.29, 1.82) is 5.26 Å². The topological polar surface area (TPSA) is 91.6 Å². The van der Waals surface area contributed by atoms with E-state index in [4.69, 9.17) is 14.5 Å². The van der Waals surface area contributed by atoms with E-state index in [9.17, 15) is 10.1 Å². The van der Waals surface area contributed by atoms with E-state index in [1.165, 1.54) is 0 Å². The molecule has 3 aromatic rings. The Labute approximate surface area is 212 Å². The molecule has 0 aliphatic carbocycles. The van der Waals surface area contributed by atoms with E-state index < -0.39 is 0 Å². The van der Waals surface area contributed by atoms with Crippen molar-refractivity contribution >= 4 is 11.6 Å². The Bertz CT molecular complexity index is 1230. The first-order valence-electron chi connectivity index (χ1n) is 12.0. The number of hydrogen-bond donors (Lipinski definition) is 0. The van der Waals surface area contributed by atoms with Crippen LogP contribution < -0.4 is 9.64 Å². The van der Waals surface area contributed by atoms with Crippen LogP contribution in [0.15, 0.2) is 54.7 Å². The van der Waals surface area contributed by atoms with Crippen molar-refractivity contribution in [1.82, 2.24) is 14.9 Å². The van der Waals surface area contributed by atoms with Gasteiger partial charge in [-0.25, -0.2) is 9.97 Å². The number of benzene rings is 2. The van der Waals surface area contributed by atoms with Crippen molar-refractivity contribution < 1.29 is 14.3 Å². The Balaban J connectivity index is 1.45. The van der Waals surface area contributed by atoms with E-state index in [0.717, 1.165) is 35.3 Å². The number of anilines is 1. The molecule has 0 bridgehead atoms. The highest BCUT2D eigenvalue weighted by atomic mass is 16.5. The normalized spacial score (nSPS) is 13.6. The smallest absolute Gasteiger partial charge is 0.241 e. The van der Waals surface area contributed by atoms with Gasteiger partial charge in [0.15, 0.2) is 0 Å². The van der Waals surface area contributed by atoms with E-state index in [0.29, 0.717) is 43.3 Å². The van der Waals surface area contributed by atoms with Crippen molar-refractivity contribution in [3.8, 4) is 23.1 Å². The molecule has 186 valence electrons. The maximum Gasteiger partial charge on any atom is 0.241 e. The second-order valence-electron chi connectivity index (χ2n) is 9.10. The first-order chi connectivity index (χ1) is 17.4. The molecular weight excluding hydrogens is 454 g/mol. The quantitative estimate of drug-likeness (QED) is 0.481. The summed E-state index contributed by atoms with van der Waals surface area (Å²) in [5, 5.41) is 9.69. The molecule has 4 rings (SSSR count). The largest absolute Gasteiger partial charge is 0.489 e. The highest BCUT2D eigenvalue weighted by Gasteiger charge is 2.18. The average molecular weight is 486 g/mol. The molecule has 2 heterocycles. The van der Waals surface area contributed by atoms with Gasteiger partial charge in [0.05, 0.1) is 31.0 Å². The molecule has 2 aromatic carbocycles. The van der Waals surface area contributed by atoms with Gasteiger partial charge in [-0.2, -0.15) is 5.26 Å². The first kappa shape index (κ1) is 25.1. The minimum Gasteiger partial charge on any atom is -0.489 e. The standard InChI is InChI=1S/C28H31N5O3/c1-32(2)28(34)19-33(3)23-7-4-20(5-8-23)16-27-30-13-10-25(31-27)21-6-9-26(22(17-21)18-29)36-24-11-14-35-15-12-24/h4-10,13,17,24H,11-12,14-16,19H2,1-3H3. The summed E-state index contributed by atoms with van der Waals surface area (Å²) in [4.78, 5) is 24.7.